The van der Waals surface area contributed by atoms with E-state index < -0.39 is 0 Å². The van der Waals surface area contributed by atoms with Crippen molar-refractivity contribution in [1.29, 1.82) is 0 Å². The van der Waals surface area contributed by atoms with Crippen LogP contribution in [0, 0.1) is 0 Å². The lowest BCUT2D eigenvalue weighted by molar-refractivity contribution is 0.991. The molecule has 0 spiro atoms. The number of para-hydroxylation sites is 4. The molecule has 51 heavy (non-hydrogen) atoms. The zero-order chi connectivity index (χ0) is 33.5. The first kappa shape index (κ1) is 27.9. The second-order valence-electron chi connectivity index (χ2n) is 12.9. The van der Waals surface area contributed by atoms with Crippen LogP contribution < -0.4 is 0 Å². The van der Waals surface area contributed by atoms with Crippen LogP contribution in [0.4, 0.5) is 0 Å². The Bertz CT molecular complexity index is 3130. The molecule has 11 aromatic rings. The van der Waals surface area contributed by atoms with E-state index in [1.54, 1.807) is 0 Å². The minimum absolute atomic E-state index is 0.629. The molecule has 6 heteroatoms. The molecule has 0 N–H and O–H groups in total. The fourth-order valence-corrected chi connectivity index (χ4v) is 8.05. The number of nitrogens with zero attached hydrogens (tertiary/aromatic N) is 6. The van der Waals surface area contributed by atoms with E-state index in [0.29, 0.717) is 5.95 Å². The van der Waals surface area contributed by atoms with Gasteiger partial charge in [-0.05, 0) is 60.7 Å². The van der Waals surface area contributed by atoms with Crippen LogP contribution in [-0.2, 0) is 0 Å². The highest BCUT2D eigenvalue weighted by atomic mass is 15.2. The smallest absolute Gasteiger partial charge is 0.235 e. The quantitative estimate of drug-likeness (QED) is 0.190. The summed E-state index contributed by atoms with van der Waals surface area (Å²) < 4.78 is 6.94. The highest BCUT2D eigenvalue weighted by Crippen LogP contribution is 2.41. The van der Waals surface area contributed by atoms with E-state index >= 15 is 0 Å². The average molecular weight is 653 g/mol. The third-order valence-corrected chi connectivity index (χ3v) is 10.2. The number of pyridine rings is 1. The summed E-state index contributed by atoms with van der Waals surface area (Å²) in [4.78, 5) is 14.8. The molecular formula is C45H28N6. The molecule has 5 heterocycles. The molecule has 0 amide bonds. The Balaban J connectivity index is 1.19. The number of benzene rings is 6. The fraction of sp³-hybridized carbons (Fsp3) is 0. The van der Waals surface area contributed by atoms with Crippen molar-refractivity contribution in [2.75, 3.05) is 0 Å². The van der Waals surface area contributed by atoms with Gasteiger partial charge < -0.3 is 9.13 Å². The van der Waals surface area contributed by atoms with E-state index in [4.69, 9.17) is 9.97 Å². The predicted molar refractivity (Wildman–Crippen MR) is 208 cm³/mol. The van der Waals surface area contributed by atoms with Gasteiger partial charge in [0.2, 0.25) is 5.95 Å². The molecule has 6 aromatic carbocycles. The summed E-state index contributed by atoms with van der Waals surface area (Å²) in [6.45, 7) is 0. The number of fused-ring (bicyclic) bond motifs is 10. The molecule has 0 saturated heterocycles. The van der Waals surface area contributed by atoms with Gasteiger partial charge in [-0.2, -0.15) is 0 Å². The summed E-state index contributed by atoms with van der Waals surface area (Å²) in [6.07, 6.45) is 5.70. The highest BCUT2D eigenvalue weighted by Gasteiger charge is 2.22. The summed E-state index contributed by atoms with van der Waals surface area (Å²) in [7, 11) is 0. The number of aromatic nitrogens is 6. The van der Waals surface area contributed by atoms with Gasteiger partial charge in [0, 0.05) is 67.8 Å². The molecule has 0 aliphatic heterocycles. The van der Waals surface area contributed by atoms with Gasteiger partial charge >= 0.3 is 0 Å². The molecule has 238 valence electrons. The Hall–Kier alpha value is -7.05. The minimum Gasteiger partial charge on any atom is -0.309 e. The van der Waals surface area contributed by atoms with Crippen LogP contribution in [-0.4, -0.2) is 28.7 Å². The zero-order valence-electron chi connectivity index (χ0n) is 27.3. The summed E-state index contributed by atoms with van der Waals surface area (Å²) >= 11 is 0. The lowest BCUT2D eigenvalue weighted by atomic mass is 10.1. The zero-order valence-corrected chi connectivity index (χ0v) is 27.3. The molecule has 0 bridgehead atoms. The number of rotatable bonds is 4. The molecule has 6 nitrogen and oxygen atoms in total. The minimum atomic E-state index is 0.629. The van der Waals surface area contributed by atoms with E-state index in [1.807, 2.05) is 30.7 Å². The van der Waals surface area contributed by atoms with Crippen molar-refractivity contribution >= 4 is 65.4 Å². The van der Waals surface area contributed by atoms with E-state index in [0.717, 1.165) is 77.3 Å². The SMILES string of the molecule is c1ccc(-n2c3ccncc3c3cc(-c4ccnc(-n5c6ccccc6c6ccc7c8ccccc8n(-c8ccccc8)c7c65)n4)ccc32)cc1. The van der Waals surface area contributed by atoms with Gasteiger partial charge in [-0.1, -0.05) is 91.0 Å². The maximum atomic E-state index is 5.32. The van der Waals surface area contributed by atoms with Crippen LogP contribution in [0.15, 0.2) is 170 Å². The van der Waals surface area contributed by atoms with E-state index in [1.165, 1.54) is 10.8 Å². The van der Waals surface area contributed by atoms with Crippen LogP contribution >= 0.6 is 0 Å². The molecule has 0 unspecified atom stereocenters. The first-order valence-corrected chi connectivity index (χ1v) is 17.1. The van der Waals surface area contributed by atoms with Gasteiger partial charge in [-0.15, -0.1) is 0 Å². The second kappa shape index (κ2) is 10.7. The van der Waals surface area contributed by atoms with Crippen molar-refractivity contribution in [3.05, 3.63) is 170 Å². The molecular weight excluding hydrogens is 625 g/mol. The Morgan fingerprint density at radius 2 is 0.980 bits per heavy atom. The van der Waals surface area contributed by atoms with Crippen LogP contribution in [0.5, 0.6) is 0 Å². The molecule has 0 atom stereocenters. The first-order valence-electron chi connectivity index (χ1n) is 17.1. The summed E-state index contributed by atoms with van der Waals surface area (Å²) in [5.74, 6) is 0.629. The van der Waals surface area contributed by atoms with Crippen molar-refractivity contribution < 1.29 is 0 Å². The first-order chi connectivity index (χ1) is 25.3. The standard InChI is InChI=1S/C45H28N6/c1-3-11-30(12-4-1)49-41-22-19-29(27-36(41)37-28-46-25-24-42(37)49)38-23-26-47-45(48-38)51-40-18-10-8-16-33(40)35-21-20-34-32-15-7-9-17-39(32)50(43(34)44(35)51)31-13-5-2-6-14-31/h1-28H. The van der Waals surface area contributed by atoms with Crippen molar-refractivity contribution in [2.24, 2.45) is 0 Å². The van der Waals surface area contributed by atoms with Crippen LogP contribution in [0.2, 0.25) is 0 Å². The topological polar surface area (TPSA) is 53.5 Å². The van der Waals surface area contributed by atoms with Crippen molar-refractivity contribution in [3.8, 4) is 28.6 Å². The molecule has 5 aromatic heterocycles. The second-order valence-corrected chi connectivity index (χ2v) is 12.9. The Kier molecular flexibility index (Phi) is 5.86. The Morgan fingerprint density at radius 3 is 1.71 bits per heavy atom. The molecule has 0 fully saturated rings. The monoisotopic (exact) mass is 652 g/mol. The van der Waals surface area contributed by atoms with E-state index in [9.17, 15) is 0 Å². The average Bonchev–Trinajstić information content (AvgIpc) is 3.84. The van der Waals surface area contributed by atoms with Gasteiger partial charge in [0.05, 0.1) is 38.8 Å². The normalized spacial score (nSPS) is 11.9. The van der Waals surface area contributed by atoms with E-state index in [2.05, 4.69) is 158 Å². The highest BCUT2D eigenvalue weighted by molar-refractivity contribution is 6.23. The number of hydrogen-bond donors (Lipinski definition) is 0. The summed E-state index contributed by atoms with van der Waals surface area (Å²) in [6, 6.07) is 53.5. The third kappa shape index (κ3) is 4.01. The molecule has 0 saturated carbocycles. The van der Waals surface area contributed by atoms with Crippen LogP contribution in [0.3, 0.4) is 0 Å². The summed E-state index contributed by atoms with van der Waals surface area (Å²) in [5.41, 5.74) is 10.8. The lowest BCUT2D eigenvalue weighted by Gasteiger charge is -2.12. The van der Waals surface area contributed by atoms with Crippen LogP contribution in [0.1, 0.15) is 0 Å². The molecule has 0 aliphatic rings. The van der Waals surface area contributed by atoms with Gasteiger partial charge in [-0.3, -0.25) is 9.55 Å². The third-order valence-electron chi connectivity index (χ3n) is 10.2. The van der Waals surface area contributed by atoms with Crippen molar-refractivity contribution in [2.45, 2.75) is 0 Å². The molecule has 0 aliphatic carbocycles. The number of hydrogen-bond acceptors (Lipinski definition) is 3. The van der Waals surface area contributed by atoms with Gasteiger partial charge in [-0.25, -0.2) is 9.97 Å². The predicted octanol–water partition coefficient (Wildman–Crippen LogP) is 10.8. The maximum Gasteiger partial charge on any atom is 0.235 e. The molecule has 11 rings (SSSR count). The van der Waals surface area contributed by atoms with Crippen molar-refractivity contribution in [1.82, 2.24) is 28.7 Å². The maximum absolute atomic E-state index is 5.32. The van der Waals surface area contributed by atoms with Gasteiger partial charge in [0.15, 0.2) is 0 Å². The Labute approximate surface area is 292 Å². The van der Waals surface area contributed by atoms with Crippen LogP contribution in [0.25, 0.3) is 94.0 Å². The van der Waals surface area contributed by atoms with Gasteiger partial charge in [0.25, 0.3) is 0 Å². The largest absolute Gasteiger partial charge is 0.309 e. The van der Waals surface area contributed by atoms with E-state index in [-0.39, 0.29) is 0 Å². The summed E-state index contributed by atoms with van der Waals surface area (Å²) in [5, 5.41) is 6.96. The lowest BCUT2D eigenvalue weighted by Crippen LogP contribution is -2.03. The Morgan fingerprint density at radius 1 is 0.392 bits per heavy atom. The van der Waals surface area contributed by atoms with Crippen molar-refractivity contribution in [3.63, 3.8) is 0 Å². The molecule has 0 radical (unpaired) electrons. The fourth-order valence-electron chi connectivity index (χ4n) is 8.05. The van der Waals surface area contributed by atoms with Gasteiger partial charge in [0.1, 0.15) is 0 Å².